The SMILES string of the molecule is C=CCN1C(=O)[C@@]2(c3ccccc31)[C@H](C(=O)OCC)[C@@H](C(=O)OCC)[C@]21C(=O)N(CC=C)c2ccccc21. The lowest BCUT2D eigenvalue weighted by atomic mass is 9.34. The van der Waals surface area contributed by atoms with Crippen LogP contribution in [-0.2, 0) is 39.5 Å². The van der Waals surface area contributed by atoms with E-state index in [-0.39, 0.29) is 26.3 Å². The Morgan fingerprint density at radius 2 is 1.13 bits per heavy atom. The highest BCUT2D eigenvalue weighted by atomic mass is 16.5. The normalized spacial score (nSPS) is 26.7. The fourth-order valence-electron chi connectivity index (χ4n) is 6.93. The number of carbonyl (C=O) groups excluding carboxylic acids is 4. The van der Waals surface area contributed by atoms with Crippen molar-refractivity contribution in [2.75, 3.05) is 36.1 Å². The van der Waals surface area contributed by atoms with Crippen LogP contribution in [0, 0.1) is 11.8 Å². The van der Waals surface area contributed by atoms with E-state index in [2.05, 4.69) is 13.2 Å². The number of esters is 2. The van der Waals surface area contributed by atoms with Crippen molar-refractivity contribution in [1.82, 2.24) is 0 Å². The van der Waals surface area contributed by atoms with Crippen LogP contribution in [-0.4, -0.2) is 50.1 Å². The van der Waals surface area contributed by atoms with Crippen molar-refractivity contribution < 1.29 is 28.7 Å². The number of fused-ring (bicyclic) bond motifs is 5. The van der Waals surface area contributed by atoms with E-state index in [0.717, 1.165) is 0 Å². The quantitative estimate of drug-likeness (QED) is 0.397. The summed E-state index contributed by atoms with van der Waals surface area (Å²) in [4.78, 5) is 59.9. The first-order valence-electron chi connectivity index (χ1n) is 12.8. The molecular formula is C30H30N2O6. The molecule has 4 atom stereocenters. The van der Waals surface area contributed by atoms with Gasteiger partial charge in [-0.2, -0.15) is 0 Å². The fourth-order valence-corrected chi connectivity index (χ4v) is 6.93. The van der Waals surface area contributed by atoms with Crippen molar-refractivity contribution >= 4 is 35.1 Å². The van der Waals surface area contributed by atoms with Crippen LogP contribution in [0.25, 0.3) is 0 Å². The van der Waals surface area contributed by atoms with Gasteiger partial charge in [0.1, 0.15) is 10.8 Å². The maximum atomic E-state index is 14.7. The van der Waals surface area contributed by atoms with E-state index in [1.807, 2.05) is 0 Å². The summed E-state index contributed by atoms with van der Waals surface area (Å²) in [6.45, 7) is 11.4. The first-order chi connectivity index (χ1) is 18.4. The van der Waals surface area contributed by atoms with E-state index in [4.69, 9.17) is 9.47 Å². The van der Waals surface area contributed by atoms with Crippen LogP contribution in [0.2, 0.25) is 0 Å². The van der Waals surface area contributed by atoms with E-state index in [1.54, 1.807) is 74.5 Å². The van der Waals surface area contributed by atoms with Gasteiger partial charge in [0.25, 0.3) is 0 Å². The lowest BCUT2D eigenvalue weighted by Crippen LogP contribution is -2.80. The van der Waals surface area contributed by atoms with Crippen LogP contribution in [0.15, 0.2) is 73.8 Å². The summed E-state index contributed by atoms with van der Waals surface area (Å²) in [6.07, 6.45) is 3.19. The van der Waals surface area contributed by atoms with Crippen LogP contribution in [0.4, 0.5) is 11.4 Å². The Hall–Kier alpha value is -4.20. The average molecular weight is 515 g/mol. The van der Waals surface area contributed by atoms with Crippen LogP contribution in [0.3, 0.4) is 0 Å². The fraction of sp³-hybridized carbons (Fsp3) is 0.333. The molecule has 0 aromatic heterocycles. The minimum atomic E-state index is -1.72. The third-order valence-electron chi connectivity index (χ3n) is 8.00. The highest BCUT2D eigenvalue weighted by Gasteiger charge is 2.88. The molecule has 0 saturated heterocycles. The lowest BCUT2D eigenvalue weighted by molar-refractivity contribution is -0.194. The molecular weight excluding hydrogens is 484 g/mol. The molecule has 1 saturated carbocycles. The standard InChI is InChI=1S/C30H30N2O6/c1-5-17-31-21-15-11-9-13-19(21)29(27(31)35)23(25(33)37-7-3)24(26(34)38-8-4)30(29)20-14-10-12-16-22(20)32(18-6-2)28(30)36/h5-6,9-16,23-24H,1-2,7-8,17-18H2,3-4H3/t23-,24-,29+,30+/m0/s1. The summed E-state index contributed by atoms with van der Waals surface area (Å²) in [6, 6.07) is 14.2. The molecule has 0 bridgehead atoms. The Morgan fingerprint density at radius 1 is 0.763 bits per heavy atom. The van der Waals surface area contributed by atoms with Gasteiger partial charge in [0.05, 0.1) is 25.0 Å². The minimum absolute atomic E-state index is 0.0489. The number of anilines is 2. The Labute approximate surface area is 221 Å². The summed E-state index contributed by atoms with van der Waals surface area (Å²) in [5.41, 5.74) is -1.29. The monoisotopic (exact) mass is 514 g/mol. The zero-order valence-electron chi connectivity index (χ0n) is 21.5. The zero-order chi connectivity index (χ0) is 27.2. The number of nitrogens with zero attached hydrogens (tertiary/aromatic N) is 2. The van der Waals surface area contributed by atoms with Crippen LogP contribution < -0.4 is 9.80 Å². The van der Waals surface area contributed by atoms with Crippen LogP contribution in [0.5, 0.6) is 0 Å². The first-order valence-corrected chi connectivity index (χ1v) is 12.8. The van der Waals surface area contributed by atoms with Gasteiger partial charge < -0.3 is 19.3 Å². The summed E-state index contributed by atoms with van der Waals surface area (Å²) < 4.78 is 10.9. The topological polar surface area (TPSA) is 93.2 Å². The van der Waals surface area contributed by atoms with Gasteiger partial charge in [-0.05, 0) is 37.1 Å². The molecule has 2 spiro atoms. The molecule has 2 amide bonds. The van der Waals surface area contributed by atoms with Crippen LogP contribution in [0.1, 0.15) is 25.0 Å². The highest BCUT2D eigenvalue weighted by Crippen LogP contribution is 2.74. The molecule has 0 N–H and O–H groups in total. The number of carbonyl (C=O) groups is 4. The molecule has 3 aliphatic rings. The lowest BCUT2D eigenvalue weighted by Gasteiger charge is -2.61. The molecule has 2 aromatic carbocycles. The second-order valence-corrected chi connectivity index (χ2v) is 9.52. The zero-order valence-corrected chi connectivity index (χ0v) is 21.5. The largest absolute Gasteiger partial charge is 0.466 e. The van der Waals surface area contributed by atoms with Crippen molar-refractivity contribution in [3.63, 3.8) is 0 Å². The molecule has 2 heterocycles. The van der Waals surface area contributed by atoms with Crippen molar-refractivity contribution in [2.45, 2.75) is 24.7 Å². The summed E-state index contributed by atoms with van der Waals surface area (Å²) >= 11 is 0. The first kappa shape index (κ1) is 25.4. The maximum Gasteiger partial charge on any atom is 0.311 e. The van der Waals surface area contributed by atoms with Crippen molar-refractivity contribution in [2.24, 2.45) is 11.8 Å². The smallest absolute Gasteiger partial charge is 0.311 e. The molecule has 8 heteroatoms. The molecule has 8 nitrogen and oxygen atoms in total. The minimum Gasteiger partial charge on any atom is -0.466 e. The summed E-state index contributed by atoms with van der Waals surface area (Å²) in [5.74, 6) is -4.86. The number of ether oxygens (including phenoxy) is 2. The third kappa shape index (κ3) is 2.85. The van der Waals surface area contributed by atoms with Crippen molar-refractivity contribution in [1.29, 1.82) is 0 Å². The van der Waals surface area contributed by atoms with Gasteiger partial charge in [-0.3, -0.25) is 19.2 Å². The Bertz CT molecular complexity index is 1260. The molecule has 0 unspecified atom stereocenters. The number of benzene rings is 2. The molecule has 2 aliphatic heterocycles. The highest BCUT2D eigenvalue weighted by molar-refractivity contribution is 6.24. The van der Waals surface area contributed by atoms with Crippen molar-refractivity contribution in [3.8, 4) is 0 Å². The van der Waals surface area contributed by atoms with Gasteiger partial charge >= 0.3 is 11.9 Å². The Morgan fingerprint density at radius 3 is 1.47 bits per heavy atom. The number of amides is 2. The van der Waals surface area contributed by atoms with E-state index >= 15 is 0 Å². The molecule has 1 fully saturated rings. The molecule has 1 aliphatic carbocycles. The van der Waals surface area contributed by atoms with Crippen molar-refractivity contribution in [3.05, 3.63) is 85.0 Å². The van der Waals surface area contributed by atoms with E-state index < -0.39 is 46.4 Å². The number of rotatable bonds is 8. The summed E-state index contributed by atoms with van der Waals surface area (Å²) in [5, 5.41) is 0. The molecule has 0 radical (unpaired) electrons. The van der Waals surface area contributed by atoms with Gasteiger partial charge in [0, 0.05) is 24.5 Å². The second kappa shape index (κ2) is 9.28. The van der Waals surface area contributed by atoms with E-state index in [9.17, 15) is 19.2 Å². The Balaban J connectivity index is 1.91. The molecule has 5 rings (SSSR count). The molecule has 2 aromatic rings. The average Bonchev–Trinajstić information content (AvgIpc) is 3.31. The maximum absolute atomic E-state index is 14.7. The number of hydrogen-bond acceptors (Lipinski definition) is 6. The van der Waals surface area contributed by atoms with Gasteiger partial charge in [-0.15, -0.1) is 13.2 Å². The predicted molar refractivity (Wildman–Crippen MR) is 142 cm³/mol. The van der Waals surface area contributed by atoms with Crippen LogP contribution >= 0.6 is 0 Å². The Kier molecular flexibility index (Phi) is 6.21. The van der Waals surface area contributed by atoms with Gasteiger partial charge in [0.15, 0.2) is 0 Å². The van der Waals surface area contributed by atoms with E-state index in [1.165, 1.54) is 9.80 Å². The second-order valence-electron chi connectivity index (χ2n) is 9.52. The molecule has 38 heavy (non-hydrogen) atoms. The van der Waals surface area contributed by atoms with Gasteiger partial charge in [-0.1, -0.05) is 48.6 Å². The third-order valence-corrected chi connectivity index (χ3v) is 8.00. The van der Waals surface area contributed by atoms with E-state index in [0.29, 0.717) is 22.5 Å². The summed E-state index contributed by atoms with van der Waals surface area (Å²) in [7, 11) is 0. The molecule has 196 valence electrons. The number of hydrogen-bond donors (Lipinski definition) is 0. The van der Waals surface area contributed by atoms with Gasteiger partial charge in [0.2, 0.25) is 11.8 Å². The van der Waals surface area contributed by atoms with Gasteiger partial charge in [-0.25, -0.2) is 0 Å². The predicted octanol–water partition coefficient (Wildman–Crippen LogP) is 3.30. The number of para-hydroxylation sites is 2.